The van der Waals surface area contributed by atoms with Crippen molar-refractivity contribution in [1.82, 2.24) is 0 Å². The molecule has 664 valence electrons. The van der Waals surface area contributed by atoms with Gasteiger partial charge in [-0.3, -0.25) is 0 Å². The maximum Gasteiger partial charge on any atom is 0.0755 e. The van der Waals surface area contributed by atoms with Gasteiger partial charge < -0.3 is 29.4 Å². The van der Waals surface area contributed by atoms with Crippen LogP contribution in [0.3, 0.4) is 0 Å². The van der Waals surface area contributed by atoms with Gasteiger partial charge >= 0.3 is 0 Å². The summed E-state index contributed by atoms with van der Waals surface area (Å²) in [5.41, 5.74) is 37.2. The molecule has 24 aromatic rings. The molecule has 0 unspecified atom stereocenters. The third-order valence-electron chi connectivity index (χ3n) is 30.3. The van der Waals surface area contributed by atoms with Gasteiger partial charge in [0.05, 0.1) is 50.6 Å². The molecule has 24 aromatic carbocycles. The molecule has 2 spiro atoms. The van der Waals surface area contributed by atoms with E-state index in [0.717, 1.165) is 141 Å². The van der Waals surface area contributed by atoms with Crippen molar-refractivity contribution < 1.29 is 0 Å². The Balaban J connectivity index is 0.598. The van der Waals surface area contributed by atoms with E-state index in [9.17, 15) is 0 Å². The number of fused-ring (bicyclic) bond motifs is 25. The van der Waals surface area contributed by atoms with Crippen molar-refractivity contribution in [2.24, 2.45) is 0 Å². The van der Waals surface area contributed by atoms with Crippen LogP contribution in [0.2, 0.25) is 0 Å². The van der Waals surface area contributed by atoms with Gasteiger partial charge in [0.1, 0.15) is 0 Å². The molecular weight excluding hydrogens is 1720 g/mol. The minimum atomic E-state index is -0.783. The van der Waals surface area contributed by atoms with Crippen LogP contribution < -0.4 is 29.4 Å². The van der Waals surface area contributed by atoms with Crippen molar-refractivity contribution in [2.45, 2.75) is 10.8 Å². The fourth-order valence-electron chi connectivity index (χ4n) is 24.3. The second kappa shape index (κ2) is 33.1. The summed E-state index contributed by atoms with van der Waals surface area (Å²) in [6.45, 7) is 0. The maximum atomic E-state index is 2.55. The quantitative estimate of drug-likeness (QED) is 0.0892. The van der Waals surface area contributed by atoms with E-state index in [-0.39, 0.29) is 0 Å². The number of benzene rings is 24. The molecule has 0 radical (unpaired) electrons. The molecule has 0 fully saturated rings. The molecule has 2 heterocycles. The molecule has 0 N–H and O–H groups in total. The molecule has 0 saturated heterocycles. The molecule has 0 bridgehead atoms. The van der Waals surface area contributed by atoms with Crippen molar-refractivity contribution in [3.63, 3.8) is 0 Å². The molecule has 0 atom stereocenters. The molecular formula is C136H90N6. The number of nitrogens with zero attached hydrogens (tertiary/aromatic N) is 6. The molecule has 4 aliphatic rings. The third-order valence-corrected chi connectivity index (χ3v) is 30.3. The Morgan fingerprint density at radius 3 is 0.986 bits per heavy atom. The maximum absolute atomic E-state index is 2.55. The predicted octanol–water partition coefficient (Wildman–Crippen LogP) is 37.0. The average molecular weight is 1810 g/mol. The van der Waals surface area contributed by atoms with E-state index < -0.39 is 10.8 Å². The smallest absolute Gasteiger partial charge is 0.0755 e. The lowest BCUT2D eigenvalue weighted by atomic mass is 9.64. The highest BCUT2D eigenvalue weighted by atomic mass is 15.2. The minimum absolute atomic E-state index is 0.725. The summed E-state index contributed by atoms with van der Waals surface area (Å²) in [7, 11) is 0. The van der Waals surface area contributed by atoms with Crippen molar-refractivity contribution in [1.29, 1.82) is 0 Å². The summed E-state index contributed by atoms with van der Waals surface area (Å²) in [4.78, 5) is 14.9. The van der Waals surface area contributed by atoms with Crippen LogP contribution in [0.25, 0.3) is 98.4 Å². The van der Waals surface area contributed by atoms with Gasteiger partial charge in [-0.2, -0.15) is 0 Å². The molecule has 6 nitrogen and oxygen atoms in total. The number of hydrogen-bond acceptors (Lipinski definition) is 6. The van der Waals surface area contributed by atoms with Gasteiger partial charge in [-0.05, 0) is 309 Å². The topological polar surface area (TPSA) is 19.4 Å². The summed E-state index contributed by atoms with van der Waals surface area (Å²) in [6, 6.07) is 204. The van der Waals surface area contributed by atoms with Crippen LogP contribution in [0.5, 0.6) is 0 Å². The third kappa shape index (κ3) is 12.7. The Hall–Kier alpha value is -18.6. The van der Waals surface area contributed by atoms with Crippen LogP contribution in [0, 0.1) is 0 Å². The van der Waals surface area contributed by atoms with Gasteiger partial charge in [0.25, 0.3) is 0 Å². The van der Waals surface area contributed by atoms with Crippen LogP contribution in [-0.4, -0.2) is 0 Å². The van der Waals surface area contributed by atoms with E-state index >= 15 is 0 Å². The first-order valence-corrected chi connectivity index (χ1v) is 49.1. The van der Waals surface area contributed by atoms with E-state index in [0.29, 0.717) is 0 Å². The standard InChI is InChI=1S/C136H90N6/c1-7-36-91(37-8-1)93-68-73-104(74-69-93)137(99-41-9-2-10-42-99)107-78-81-119-116(88-107)117-89-108(79-82-120(117)135(119)122-56-27-31-61-127(122)140(101-45-13-4-14-46-101)128-62-32-28-57-123(128)135)138(106-77-72-92-38-19-20-39-95(92)84-106)105-75-70-94(71-76-105)96-66-67-98-87-132(114-55-26-24-53-112(114)115(98)85-96)139(100-43-11-3-12-44-100)109-80-83-121-118(90-109)134-126(136(121)124-58-29-33-63-129(124)141(102-47-15-5-16-48-102)130-64-34-30-59-125(130)136)60-35-65-131(134)142(103-49-17-6-18-50-103)133-86-97-40-21-22-51-110(97)111-52-23-25-54-113(111)133/h1-90H. The first kappa shape index (κ1) is 81.7. The first-order valence-electron chi connectivity index (χ1n) is 49.1. The minimum Gasteiger partial charge on any atom is -0.310 e. The lowest BCUT2D eigenvalue weighted by Gasteiger charge is -2.45. The van der Waals surface area contributed by atoms with Crippen molar-refractivity contribution in [3.8, 4) is 44.5 Å². The van der Waals surface area contributed by atoms with Crippen molar-refractivity contribution >= 4 is 156 Å². The zero-order chi connectivity index (χ0) is 93.5. The van der Waals surface area contributed by atoms with Crippen LogP contribution in [-0.2, 0) is 10.8 Å². The Labute approximate surface area is 825 Å². The van der Waals surface area contributed by atoms with E-state index in [1.807, 2.05) is 0 Å². The fraction of sp³-hybridized carbons (Fsp3) is 0.0147. The number of hydrogen-bond donors (Lipinski definition) is 0. The van der Waals surface area contributed by atoms with Gasteiger partial charge in [-0.25, -0.2) is 0 Å². The molecule has 6 heteroatoms. The monoisotopic (exact) mass is 1810 g/mol. The number of para-hydroxylation sites is 9. The molecule has 142 heavy (non-hydrogen) atoms. The highest BCUT2D eigenvalue weighted by molar-refractivity contribution is 6.18. The van der Waals surface area contributed by atoms with Gasteiger partial charge in [-0.15, -0.1) is 0 Å². The van der Waals surface area contributed by atoms with Crippen LogP contribution >= 0.6 is 0 Å². The predicted molar refractivity (Wildman–Crippen MR) is 595 cm³/mol. The zero-order valence-corrected chi connectivity index (χ0v) is 77.6. The molecule has 0 amide bonds. The molecule has 28 rings (SSSR count). The van der Waals surface area contributed by atoms with E-state index in [1.165, 1.54) is 105 Å². The first-order chi connectivity index (χ1) is 70.5. The molecule has 2 aliphatic carbocycles. The van der Waals surface area contributed by atoms with Crippen LogP contribution in [0.1, 0.15) is 44.5 Å². The average Bonchev–Trinajstić information content (AvgIpc) is 1.80. The van der Waals surface area contributed by atoms with E-state index in [1.54, 1.807) is 0 Å². The van der Waals surface area contributed by atoms with Crippen LogP contribution in [0.15, 0.2) is 546 Å². The second-order valence-corrected chi connectivity index (χ2v) is 37.7. The summed E-state index contributed by atoms with van der Waals surface area (Å²) in [5.74, 6) is 0. The van der Waals surface area contributed by atoms with E-state index in [2.05, 4.69) is 575 Å². The number of rotatable bonds is 16. The fourth-order valence-corrected chi connectivity index (χ4v) is 24.3. The molecule has 0 aromatic heterocycles. The van der Waals surface area contributed by atoms with Gasteiger partial charge in [-0.1, -0.05) is 364 Å². The lowest BCUT2D eigenvalue weighted by Crippen LogP contribution is -2.36. The Bertz CT molecular complexity index is 9030. The van der Waals surface area contributed by atoms with Crippen molar-refractivity contribution in [2.75, 3.05) is 29.4 Å². The van der Waals surface area contributed by atoms with Gasteiger partial charge in [0.15, 0.2) is 0 Å². The Morgan fingerprint density at radius 2 is 0.465 bits per heavy atom. The highest BCUT2D eigenvalue weighted by Crippen LogP contribution is 2.69. The second-order valence-electron chi connectivity index (χ2n) is 37.7. The summed E-state index contributed by atoms with van der Waals surface area (Å²) < 4.78 is 0. The SMILES string of the molecule is c1ccc(-c2ccc(N(c3ccccc3)c3ccc4c(c3)-c3cc(N(c5ccc(-c6ccc7cc(N(c8ccccc8)c8ccc9c(c8)-c8c(N(c%10ccccc%10)c%10cc%11ccccc%11c%11ccccc%10%11)cccc8C98c9ccccc9N(c9ccccc9)c9ccccc98)c8ccccc8c7c6)cc5)c5ccc6ccccc6c5)ccc3C43c4ccccc4N(c4ccccc4)c4ccccc43)cc2)cc1. The normalized spacial score (nSPS) is 13.0. The zero-order valence-electron chi connectivity index (χ0n) is 77.6. The van der Waals surface area contributed by atoms with Crippen molar-refractivity contribution in [3.05, 3.63) is 590 Å². The summed E-state index contributed by atoms with van der Waals surface area (Å²) >= 11 is 0. The Morgan fingerprint density at radius 1 is 0.148 bits per heavy atom. The molecule has 0 saturated carbocycles. The molecule has 2 aliphatic heterocycles. The summed E-state index contributed by atoms with van der Waals surface area (Å²) in [5, 5.41) is 11.7. The lowest BCUT2D eigenvalue weighted by molar-refractivity contribution is 0.752. The van der Waals surface area contributed by atoms with Gasteiger partial charge in [0.2, 0.25) is 0 Å². The van der Waals surface area contributed by atoms with Crippen LogP contribution in [0.4, 0.5) is 102 Å². The highest BCUT2D eigenvalue weighted by Gasteiger charge is 2.55. The largest absolute Gasteiger partial charge is 0.310 e. The number of anilines is 18. The van der Waals surface area contributed by atoms with Gasteiger partial charge in [0, 0.05) is 78.9 Å². The Kier molecular flexibility index (Phi) is 19.0. The summed E-state index contributed by atoms with van der Waals surface area (Å²) in [6.07, 6.45) is 0. The van der Waals surface area contributed by atoms with E-state index in [4.69, 9.17) is 0 Å².